The van der Waals surface area contributed by atoms with E-state index in [4.69, 9.17) is 4.74 Å². The largest absolute Gasteiger partial charge is 0.375 e. The lowest BCUT2D eigenvalue weighted by Crippen LogP contribution is -2.25. The summed E-state index contributed by atoms with van der Waals surface area (Å²) in [6.45, 7) is 11.0. The van der Waals surface area contributed by atoms with Crippen LogP contribution in [0.4, 0.5) is 0 Å². The van der Waals surface area contributed by atoms with E-state index in [0.29, 0.717) is 5.92 Å². The molecule has 0 aromatic heterocycles. The molecule has 0 aliphatic rings. The molecule has 84 valence electrons. The van der Waals surface area contributed by atoms with E-state index < -0.39 is 0 Å². The van der Waals surface area contributed by atoms with Gasteiger partial charge in [0.05, 0.1) is 12.2 Å². The Morgan fingerprint density at radius 3 is 2.64 bits per heavy atom. The summed E-state index contributed by atoms with van der Waals surface area (Å²) in [7, 11) is 0. The number of hydrogen-bond donors (Lipinski definition) is 1. The first-order chi connectivity index (χ1) is 6.52. The zero-order chi connectivity index (χ0) is 11.0. The van der Waals surface area contributed by atoms with Gasteiger partial charge in [-0.2, -0.15) is 12.6 Å². The van der Waals surface area contributed by atoms with Gasteiger partial charge in [0, 0.05) is 5.75 Å². The summed E-state index contributed by atoms with van der Waals surface area (Å²) < 4.78 is 5.69. The smallest absolute Gasteiger partial charge is 0.0626 e. The normalized spacial score (nSPS) is 14.0. The number of rotatable bonds is 8. The summed E-state index contributed by atoms with van der Waals surface area (Å²) in [4.78, 5) is 0. The second-order valence-corrected chi connectivity index (χ2v) is 4.88. The number of thiol groups is 1. The lowest BCUT2D eigenvalue weighted by Gasteiger charge is -2.25. The highest BCUT2D eigenvalue weighted by atomic mass is 32.1. The summed E-state index contributed by atoms with van der Waals surface area (Å²) in [6.07, 6.45) is 5.53. The van der Waals surface area contributed by atoms with Gasteiger partial charge in [-0.05, 0) is 32.6 Å². The molecule has 1 nitrogen and oxygen atoms in total. The molecular weight excluding hydrogens is 192 g/mol. The van der Waals surface area contributed by atoms with Gasteiger partial charge in [-0.1, -0.05) is 19.4 Å². The van der Waals surface area contributed by atoms with Gasteiger partial charge < -0.3 is 4.74 Å². The molecule has 0 aliphatic carbocycles. The van der Waals surface area contributed by atoms with Crippen LogP contribution in [0.3, 0.4) is 0 Å². The summed E-state index contributed by atoms with van der Waals surface area (Å²) >= 11 is 4.13. The first-order valence-electron chi connectivity index (χ1n) is 5.39. The number of hydrogen-bond acceptors (Lipinski definition) is 2. The third kappa shape index (κ3) is 7.45. The molecule has 0 aromatic rings. The molecular formula is C12H24OS. The minimum absolute atomic E-state index is 0.00359. The highest BCUT2D eigenvalue weighted by molar-refractivity contribution is 7.80. The second kappa shape index (κ2) is 7.36. The van der Waals surface area contributed by atoms with Crippen LogP contribution in [0.15, 0.2) is 12.7 Å². The first-order valence-corrected chi connectivity index (χ1v) is 6.02. The molecule has 0 amide bonds. The van der Waals surface area contributed by atoms with Crippen molar-refractivity contribution in [2.45, 2.75) is 45.6 Å². The van der Waals surface area contributed by atoms with Crippen LogP contribution in [0.5, 0.6) is 0 Å². The van der Waals surface area contributed by atoms with Crippen molar-refractivity contribution < 1.29 is 4.74 Å². The van der Waals surface area contributed by atoms with Gasteiger partial charge in [0.25, 0.3) is 0 Å². The zero-order valence-electron chi connectivity index (χ0n) is 9.75. The Balaban J connectivity index is 3.59. The van der Waals surface area contributed by atoms with Gasteiger partial charge in [-0.25, -0.2) is 0 Å². The molecule has 0 aromatic carbocycles. The Bertz CT molecular complexity index is 154. The predicted molar refractivity (Wildman–Crippen MR) is 67.1 cm³/mol. The minimum atomic E-state index is 0.00359. The standard InChI is InChI=1S/C12H24OS/c1-5-11(2)7-6-8-12(3,4)13-9-10-14/h5,11,14H,1,6-10H2,2-4H3. The topological polar surface area (TPSA) is 9.23 Å². The molecule has 0 aliphatic heterocycles. The van der Waals surface area contributed by atoms with Crippen molar-refractivity contribution in [3.8, 4) is 0 Å². The molecule has 0 fully saturated rings. The molecule has 0 radical (unpaired) electrons. The van der Waals surface area contributed by atoms with Crippen LogP contribution in [0.2, 0.25) is 0 Å². The van der Waals surface area contributed by atoms with E-state index in [-0.39, 0.29) is 5.60 Å². The monoisotopic (exact) mass is 216 g/mol. The van der Waals surface area contributed by atoms with Crippen LogP contribution in [0.1, 0.15) is 40.0 Å². The Hall–Kier alpha value is 0.0500. The lowest BCUT2D eigenvalue weighted by molar-refractivity contribution is -0.0164. The summed E-state index contributed by atoms with van der Waals surface area (Å²) in [6, 6.07) is 0. The van der Waals surface area contributed by atoms with Crippen molar-refractivity contribution in [2.75, 3.05) is 12.4 Å². The van der Waals surface area contributed by atoms with Gasteiger partial charge >= 0.3 is 0 Å². The average Bonchev–Trinajstić information content (AvgIpc) is 2.14. The maximum atomic E-state index is 5.69. The molecule has 0 spiro atoms. The van der Waals surface area contributed by atoms with Crippen LogP contribution in [0.25, 0.3) is 0 Å². The Kier molecular flexibility index (Phi) is 7.38. The predicted octanol–water partition coefficient (Wildman–Crippen LogP) is 3.70. The highest BCUT2D eigenvalue weighted by Gasteiger charge is 2.17. The second-order valence-electron chi connectivity index (χ2n) is 4.44. The van der Waals surface area contributed by atoms with Crippen molar-refractivity contribution in [1.29, 1.82) is 0 Å². The van der Waals surface area contributed by atoms with Crippen LogP contribution in [0, 0.1) is 5.92 Å². The fourth-order valence-electron chi connectivity index (χ4n) is 1.36. The minimum Gasteiger partial charge on any atom is -0.375 e. The SMILES string of the molecule is C=CC(C)CCCC(C)(C)OCCS. The van der Waals surface area contributed by atoms with E-state index in [9.17, 15) is 0 Å². The average molecular weight is 216 g/mol. The molecule has 1 atom stereocenters. The number of allylic oxidation sites excluding steroid dienone is 1. The quantitative estimate of drug-likeness (QED) is 0.481. The van der Waals surface area contributed by atoms with E-state index in [0.717, 1.165) is 18.8 Å². The molecule has 0 rings (SSSR count). The highest BCUT2D eigenvalue weighted by Crippen LogP contribution is 2.20. The third-order valence-corrected chi connectivity index (χ3v) is 2.61. The van der Waals surface area contributed by atoms with Gasteiger partial charge in [-0.15, -0.1) is 6.58 Å². The zero-order valence-corrected chi connectivity index (χ0v) is 10.6. The van der Waals surface area contributed by atoms with Crippen LogP contribution in [-0.2, 0) is 4.74 Å². The van der Waals surface area contributed by atoms with Crippen LogP contribution >= 0.6 is 12.6 Å². The van der Waals surface area contributed by atoms with Crippen molar-refractivity contribution in [2.24, 2.45) is 5.92 Å². The molecule has 0 bridgehead atoms. The molecule has 0 N–H and O–H groups in total. The Morgan fingerprint density at radius 1 is 1.50 bits per heavy atom. The van der Waals surface area contributed by atoms with E-state index in [1.54, 1.807) is 0 Å². The van der Waals surface area contributed by atoms with Gasteiger partial charge in [0.2, 0.25) is 0 Å². The molecule has 14 heavy (non-hydrogen) atoms. The van der Waals surface area contributed by atoms with Gasteiger partial charge in [0.15, 0.2) is 0 Å². The van der Waals surface area contributed by atoms with Crippen molar-refractivity contribution in [3.05, 3.63) is 12.7 Å². The molecule has 2 heteroatoms. The molecule has 1 unspecified atom stereocenters. The van der Waals surface area contributed by atoms with Gasteiger partial charge in [0.1, 0.15) is 0 Å². The summed E-state index contributed by atoms with van der Waals surface area (Å²) in [5.41, 5.74) is 0.00359. The van der Waals surface area contributed by atoms with Crippen LogP contribution < -0.4 is 0 Å². The Morgan fingerprint density at radius 2 is 2.14 bits per heavy atom. The van der Waals surface area contributed by atoms with E-state index >= 15 is 0 Å². The summed E-state index contributed by atoms with van der Waals surface area (Å²) in [5, 5.41) is 0. The van der Waals surface area contributed by atoms with Crippen molar-refractivity contribution in [3.63, 3.8) is 0 Å². The number of ether oxygens (including phenoxy) is 1. The molecule has 0 saturated heterocycles. The maximum Gasteiger partial charge on any atom is 0.0626 e. The van der Waals surface area contributed by atoms with E-state index in [2.05, 4.69) is 40.0 Å². The first kappa shape index (κ1) is 14.1. The van der Waals surface area contributed by atoms with Gasteiger partial charge in [-0.3, -0.25) is 0 Å². The Labute approximate surface area is 94.3 Å². The molecule has 0 heterocycles. The fraction of sp³-hybridized carbons (Fsp3) is 0.833. The third-order valence-electron chi connectivity index (χ3n) is 2.42. The summed E-state index contributed by atoms with van der Waals surface area (Å²) in [5.74, 6) is 1.42. The molecule has 0 saturated carbocycles. The fourth-order valence-corrected chi connectivity index (χ4v) is 1.45. The van der Waals surface area contributed by atoms with Crippen molar-refractivity contribution in [1.82, 2.24) is 0 Å². The maximum absolute atomic E-state index is 5.69. The lowest BCUT2D eigenvalue weighted by atomic mass is 9.97. The van der Waals surface area contributed by atoms with Crippen molar-refractivity contribution >= 4 is 12.6 Å². The van der Waals surface area contributed by atoms with Crippen LogP contribution in [-0.4, -0.2) is 18.0 Å². The van der Waals surface area contributed by atoms with E-state index in [1.165, 1.54) is 12.8 Å². The van der Waals surface area contributed by atoms with E-state index in [1.807, 2.05) is 6.08 Å².